The van der Waals surface area contributed by atoms with Gasteiger partial charge >= 0.3 is 0 Å². The molecular weight excluding hydrogens is 648 g/mol. The third-order valence-electron chi connectivity index (χ3n) is 10.1. The number of β-amino-alcohol motifs (C(OH)–C–C–N with tert-alkyl or cyclic N) is 1. The summed E-state index contributed by atoms with van der Waals surface area (Å²) in [5.41, 5.74) is 1.32. The van der Waals surface area contributed by atoms with Crippen LogP contribution in [0, 0.1) is 11.8 Å². The molecule has 1 aliphatic carbocycles. The third kappa shape index (κ3) is 10.3. The second-order valence-electron chi connectivity index (χ2n) is 15.4. The topological polar surface area (TPSA) is 128 Å². The molecule has 1 aliphatic heterocycles. The van der Waals surface area contributed by atoms with E-state index in [1.54, 1.807) is 18.2 Å². The second kappa shape index (κ2) is 16.0. The van der Waals surface area contributed by atoms with E-state index in [0.717, 1.165) is 36.6 Å². The number of nitrogens with one attached hydrogen (secondary N) is 3. The molecule has 0 radical (unpaired) electrons. The first-order valence-corrected chi connectivity index (χ1v) is 19.5. The Hall–Kier alpha value is -2.50. The van der Waals surface area contributed by atoms with Crippen molar-refractivity contribution in [3.63, 3.8) is 0 Å². The van der Waals surface area contributed by atoms with E-state index in [1.807, 2.05) is 57.2 Å². The van der Waals surface area contributed by atoms with Crippen LogP contribution < -0.4 is 16.0 Å². The number of aliphatic hydroxyl groups is 1. The van der Waals surface area contributed by atoms with Gasteiger partial charge in [0.05, 0.1) is 22.9 Å². The fourth-order valence-corrected chi connectivity index (χ4v) is 7.98. The highest BCUT2D eigenvalue weighted by molar-refractivity contribution is 7.92. The summed E-state index contributed by atoms with van der Waals surface area (Å²) < 4.78 is 24.6. The van der Waals surface area contributed by atoms with Gasteiger partial charge in [-0.15, -0.1) is 0 Å². The van der Waals surface area contributed by atoms with E-state index in [1.165, 1.54) is 26.7 Å². The molecule has 3 unspecified atom stereocenters. The molecule has 9 nitrogen and oxygen atoms in total. The van der Waals surface area contributed by atoms with Crippen molar-refractivity contribution >= 4 is 33.3 Å². The normalized spacial score (nSPS) is 22.6. The van der Waals surface area contributed by atoms with E-state index in [-0.39, 0.29) is 25.0 Å². The maximum absolute atomic E-state index is 14.2. The van der Waals surface area contributed by atoms with E-state index in [0.29, 0.717) is 29.8 Å². The van der Waals surface area contributed by atoms with Gasteiger partial charge < -0.3 is 21.1 Å². The van der Waals surface area contributed by atoms with Crippen LogP contribution in [0.3, 0.4) is 0 Å². The van der Waals surface area contributed by atoms with Crippen LogP contribution in [0.4, 0.5) is 0 Å². The number of fused-ring (bicyclic) bond motifs is 1. The summed E-state index contributed by atoms with van der Waals surface area (Å²) in [5.74, 6) is 0.373. The number of halogens is 1. The molecule has 2 aromatic rings. The summed E-state index contributed by atoms with van der Waals surface area (Å²) in [5, 5.41) is 21.9. The van der Waals surface area contributed by atoms with Crippen LogP contribution in [-0.4, -0.2) is 84.1 Å². The highest BCUT2D eigenvalue weighted by Gasteiger charge is 2.45. The van der Waals surface area contributed by atoms with Crippen molar-refractivity contribution in [2.75, 3.05) is 19.3 Å². The number of hydrogen-bond donors (Lipinski definition) is 4. The van der Waals surface area contributed by atoms with Crippen molar-refractivity contribution in [1.82, 2.24) is 20.9 Å². The Morgan fingerprint density at radius 1 is 0.979 bits per heavy atom. The minimum atomic E-state index is -3.70. The smallest absolute Gasteiger partial charge is 0.239 e. The molecule has 0 bridgehead atoms. The van der Waals surface area contributed by atoms with Crippen molar-refractivity contribution in [2.24, 2.45) is 11.8 Å². The lowest BCUT2D eigenvalue weighted by Crippen LogP contribution is -2.63. The molecule has 1 heterocycles. The van der Waals surface area contributed by atoms with Crippen molar-refractivity contribution in [3.05, 3.63) is 70.7 Å². The number of amides is 2. The first-order valence-electron chi connectivity index (χ1n) is 17.2. The number of sulfone groups is 1. The molecule has 4 rings (SSSR count). The summed E-state index contributed by atoms with van der Waals surface area (Å²) >= 11 is 6.19. The molecule has 0 spiro atoms. The number of piperidine rings is 1. The number of aliphatic hydroxyl groups excluding tert-OH is 1. The van der Waals surface area contributed by atoms with Crippen molar-refractivity contribution in [2.45, 2.75) is 114 Å². The monoisotopic (exact) mass is 702 g/mol. The van der Waals surface area contributed by atoms with E-state index in [2.05, 4.69) is 20.9 Å². The van der Waals surface area contributed by atoms with Gasteiger partial charge in [0.1, 0.15) is 6.04 Å². The van der Waals surface area contributed by atoms with Crippen LogP contribution in [0.5, 0.6) is 0 Å². The quantitative estimate of drug-likeness (QED) is 0.242. The highest BCUT2D eigenvalue weighted by atomic mass is 35.5. The molecule has 11 heteroatoms. The van der Waals surface area contributed by atoms with Gasteiger partial charge in [-0.3, -0.25) is 14.5 Å². The van der Waals surface area contributed by atoms with E-state index < -0.39 is 44.2 Å². The average molecular weight is 703 g/mol. The van der Waals surface area contributed by atoms with Gasteiger partial charge in [-0.25, -0.2) is 8.42 Å². The Balaban J connectivity index is 1.61. The summed E-state index contributed by atoms with van der Waals surface area (Å²) in [4.78, 5) is 29.9. The second-order valence-corrected chi connectivity index (χ2v) is 18.5. The van der Waals surface area contributed by atoms with Crippen molar-refractivity contribution in [3.8, 4) is 0 Å². The first-order chi connectivity index (χ1) is 22.4. The van der Waals surface area contributed by atoms with Crippen LogP contribution in [0.25, 0.3) is 0 Å². The fourth-order valence-electron chi connectivity index (χ4n) is 7.15. The maximum Gasteiger partial charge on any atom is 0.239 e. The predicted octanol–water partition coefficient (Wildman–Crippen LogP) is 4.51. The van der Waals surface area contributed by atoms with Gasteiger partial charge in [-0.1, -0.05) is 73.3 Å². The molecule has 48 heavy (non-hydrogen) atoms. The first kappa shape index (κ1) is 38.3. The molecule has 6 atom stereocenters. The Kier molecular flexibility index (Phi) is 12.8. The summed E-state index contributed by atoms with van der Waals surface area (Å²) in [6, 6.07) is 14.5. The minimum Gasteiger partial charge on any atom is -0.390 e. The van der Waals surface area contributed by atoms with Crippen LogP contribution in [0.15, 0.2) is 54.6 Å². The lowest BCUT2D eigenvalue weighted by Gasteiger charge is -2.47. The molecule has 4 N–H and O–H groups in total. The zero-order valence-electron chi connectivity index (χ0n) is 29.3. The van der Waals surface area contributed by atoms with Gasteiger partial charge in [-0.2, -0.15) is 0 Å². The summed E-state index contributed by atoms with van der Waals surface area (Å²) in [6.45, 7) is 10.1. The van der Waals surface area contributed by atoms with Crippen LogP contribution in [0.2, 0.25) is 5.02 Å². The molecule has 0 aromatic heterocycles. The van der Waals surface area contributed by atoms with Crippen molar-refractivity contribution < 1.29 is 23.1 Å². The third-order valence-corrected chi connectivity index (χ3v) is 12.5. The molecule has 2 amide bonds. The van der Waals surface area contributed by atoms with Gasteiger partial charge in [0.2, 0.25) is 11.8 Å². The number of nitrogens with zero attached hydrogens (tertiary/aromatic N) is 1. The Morgan fingerprint density at radius 3 is 2.25 bits per heavy atom. The Morgan fingerprint density at radius 2 is 1.62 bits per heavy atom. The Labute approximate surface area is 292 Å². The number of likely N-dealkylation sites (tertiary alicyclic amines) is 1. The number of benzene rings is 2. The lowest BCUT2D eigenvalue weighted by atomic mass is 9.72. The number of carbonyl (C=O) groups excluding carboxylic acids is 2. The standard InChI is InChI=1S/C37H55ClN4O5S/c1-36(2,3)41-34(44)31-21-27-16-10-11-17-28(27)23-42(31)24-32(43)30(20-25-13-8-7-9-14-25)40-35(45)33(37(4,5)48(6,46)47)39-22-26-15-12-18-29(38)19-26/h7-9,12-15,18-19,27-28,30-33,39,43H,10-11,16-17,20-24H2,1-6H3,(H,40,45)(H,41,44)/t27-,28?,30?,31?,32+,33+/m0/s1. The number of rotatable bonds is 13. The number of carbonyl (C=O) groups is 2. The molecule has 1 saturated heterocycles. The van der Waals surface area contributed by atoms with Crippen LogP contribution in [0.1, 0.15) is 77.8 Å². The molecule has 2 aliphatic rings. The summed E-state index contributed by atoms with van der Waals surface area (Å²) in [7, 11) is -3.70. The van der Waals surface area contributed by atoms with E-state index >= 15 is 0 Å². The van der Waals surface area contributed by atoms with Gasteiger partial charge in [0, 0.05) is 36.5 Å². The maximum atomic E-state index is 14.2. The molecular formula is C37H55ClN4O5S. The molecule has 2 aromatic carbocycles. The van der Waals surface area contributed by atoms with Crippen LogP contribution in [-0.2, 0) is 32.4 Å². The van der Waals surface area contributed by atoms with E-state index in [9.17, 15) is 23.1 Å². The SMILES string of the molecule is CC(C)(C)NC(=O)C1C[C@@H]2CCCCC2CN1C[C@@H](O)C(Cc1ccccc1)NC(=O)[C@@H](NCc1cccc(Cl)c1)C(C)(C)S(C)(=O)=O. The largest absolute Gasteiger partial charge is 0.390 e. The fraction of sp³-hybridized carbons (Fsp3) is 0.622. The van der Waals surface area contributed by atoms with Crippen molar-refractivity contribution in [1.29, 1.82) is 0 Å². The molecule has 266 valence electrons. The van der Waals surface area contributed by atoms with Gasteiger partial charge in [-0.05, 0) is 89.0 Å². The number of hydrogen-bond acceptors (Lipinski definition) is 7. The zero-order chi connectivity index (χ0) is 35.3. The minimum absolute atomic E-state index is 0.0393. The summed E-state index contributed by atoms with van der Waals surface area (Å²) in [6.07, 6.45) is 5.74. The van der Waals surface area contributed by atoms with Gasteiger partial charge in [0.25, 0.3) is 0 Å². The molecule has 2 fully saturated rings. The Bertz CT molecular complexity index is 1500. The van der Waals surface area contributed by atoms with Gasteiger partial charge in [0.15, 0.2) is 9.84 Å². The lowest BCUT2D eigenvalue weighted by molar-refractivity contribution is -0.133. The predicted molar refractivity (Wildman–Crippen MR) is 192 cm³/mol. The van der Waals surface area contributed by atoms with E-state index in [4.69, 9.17) is 11.6 Å². The average Bonchev–Trinajstić information content (AvgIpc) is 2.99. The zero-order valence-corrected chi connectivity index (χ0v) is 30.9. The molecule has 1 saturated carbocycles. The van der Waals surface area contributed by atoms with Crippen LogP contribution >= 0.6 is 11.6 Å². The highest BCUT2D eigenvalue weighted by Crippen LogP contribution is 2.39.